The van der Waals surface area contributed by atoms with Gasteiger partial charge in [0.15, 0.2) is 0 Å². The molecule has 0 spiro atoms. The van der Waals surface area contributed by atoms with E-state index in [-0.39, 0.29) is 0 Å². The van der Waals surface area contributed by atoms with Gasteiger partial charge in [0, 0.05) is 27.1 Å². The molecule has 0 saturated carbocycles. The molecule has 194 valence electrons. The van der Waals surface area contributed by atoms with E-state index < -0.39 is 0 Å². The Morgan fingerprint density at radius 3 is 1.66 bits per heavy atom. The number of likely N-dealkylation sites (tertiary alicyclic amines) is 1. The molecule has 3 rings (SSSR count). The second-order valence-corrected chi connectivity index (χ2v) is 9.77. The fourth-order valence-electron chi connectivity index (χ4n) is 5.11. The van der Waals surface area contributed by atoms with Gasteiger partial charge in [-0.05, 0) is 61.1 Å². The van der Waals surface area contributed by atoms with E-state index in [4.69, 9.17) is 24.7 Å². The average molecular weight is 486 g/mol. The number of nitrogens with two attached hydrogens (primary N) is 1. The third-order valence-corrected chi connectivity index (χ3v) is 6.98. The average Bonchev–Trinajstić information content (AvgIpc) is 2.86. The van der Waals surface area contributed by atoms with Crippen molar-refractivity contribution in [1.29, 1.82) is 0 Å². The number of methoxy groups -OCH3 is 2. The van der Waals surface area contributed by atoms with Crippen molar-refractivity contribution in [2.45, 2.75) is 44.6 Å². The second-order valence-electron chi connectivity index (χ2n) is 9.77. The third-order valence-electron chi connectivity index (χ3n) is 6.98. The van der Waals surface area contributed by atoms with E-state index >= 15 is 0 Å². The van der Waals surface area contributed by atoms with Crippen molar-refractivity contribution >= 4 is 0 Å². The highest BCUT2D eigenvalue weighted by molar-refractivity contribution is 5.28. The van der Waals surface area contributed by atoms with Crippen molar-refractivity contribution in [3.05, 3.63) is 59.7 Å². The number of hydrogen-bond donors (Lipinski definition) is 1. The van der Waals surface area contributed by atoms with Crippen LogP contribution in [0.1, 0.15) is 36.8 Å². The Morgan fingerprint density at radius 1 is 0.743 bits per heavy atom. The van der Waals surface area contributed by atoms with Gasteiger partial charge in [-0.15, -0.1) is 0 Å². The van der Waals surface area contributed by atoms with Gasteiger partial charge >= 0.3 is 0 Å². The van der Waals surface area contributed by atoms with Crippen LogP contribution in [-0.2, 0) is 22.3 Å². The van der Waals surface area contributed by atoms with Crippen LogP contribution in [0.2, 0.25) is 0 Å². The quantitative estimate of drug-likeness (QED) is 0.285. The predicted molar refractivity (Wildman–Crippen MR) is 141 cm³/mol. The van der Waals surface area contributed by atoms with E-state index in [1.54, 1.807) is 14.2 Å². The molecule has 2 aromatic rings. The molecule has 2 aromatic carbocycles. The normalized spacial score (nSPS) is 17.3. The molecule has 1 heterocycles. The maximum absolute atomic E-state index is 6.45. The first-order chi connectivity index (χ1) is 17.1. The Hall–Kier alpha value is -2.12. The first-order valence-corrected chi connectivity index (χ1v) is 13.1. The van der Waals surface area contributed by atoms with Crippen LogP contribution in [0.25, 0.3) is 0 Å². The molecule has 0 aliphatic carbocycles. The van der Waals surface area contributed by atoms with Gasteiger partial charge in [-0.25, -0.2) is 0 Å². The van der Waals surface area contributed by atoms with Gasteiger partial charge in [0.25, 0.3) is 0 Å². The topological polar surface area (TPSA) is 62.9 Å². The summed E-state index contributed by atoms with van der Waals surface area (Å²) in [4.78, 5) is 0. The molecule has 1 aliphatic rings. The molecule has 1 aliphatic heterocycles. The van der Waals surface area contributed by atoms with E-state index in [2.05, 4.69) is 48.5 Å². The fourth-order valence-corrected chi connectivity index (χ4v) is 5.11. The zero-order chi connectivity index (χ0) is 24.8. The first kappa shape index (κ1) is 27.5. The zero-order valence-electron chi connectivity index (χ0n) is 21.8. The van der Waals surface area contributed by atoms with Crippen molar-refractivity contribution in [3.8, 4) is 11.5 Å². The first-order valence-electron chi connectivity index (χ1n) is 13.1. The van der Waals surface area contributed by atoms with Crippen molar-refractivity contribution < 1.29 is 23.4 Å². The minimum Gasteiger partial charge on any atom is -0.491 e. The standard InChI is InChI=1S/C29H45N2O4/c1-32-20-22-34-28-13-9-25(10-14-28)6-3-17-31(19-5-8-27(30)24-31)18-4-7-26-11-15-29(16-12-26)35-23-21-33-2/h9-16,27H,3-8,17-24,30H2,1-2H3/q+1. The van der Waals surface area contributed by atoms with E-state index in [0.717, 1.165) is 41.8 Å². The Bertz CT molecular complexity index is 766. The molecular weight excluding hydrogens is 440 g/mol. The van der Waals surface area contributed by atoms with E-state index in [1.807, 2.05) is 0 Å². The number of nitrogens with zero attached hydrogens (tertiary/aromatic N) is 1. The summed E-state index contributed by atoms with van der Waals surface area (Å²) in [6, 6.07) is 17.4. The summed E-state index contributed by atoms with van der Waals surface area (Å²) in [5.41, 5.74) is 9.19. The van der Waals surface area contributed by atoms with Crippen molar-refractivity contribution in [2.75, 3.05) is 66.8 Å². The lowest BCUT2D eigenvalue weighted by molar-refractivity contribution is -0.933. The minimum atomic E-state index is 0.329. The van der Waals surface area contributed by atoms with Crippen LogP contribution >= 0.6 is 0 Å². The summed E-state index contributed by atoms with van der Waals surface area (Å²) in [6.07, 6.45) is 6.96. The second kappa shape index (κ2) is 15.1. The van der Waals surface area contributed by atoms with Crippen LogP contribution in [0.15, 0.2) is 48.5 Å². The number of rotatable bonds is 16. The van der Waals surface area contributed by atoms with Crippen LogP contribution in [0.5, 0.6) is 11.5 Å². The molecule has 35 heavy (non-hydrogen) atoms. The van der Waals surface area contributed by atoms with Crippen molar-refractivity contribution in [3.63, 3.8) is 0 Å². The van der Waals surface area contributed by atoms with Crippen LogP contribution in [0.3, 0.4) is 0 Å². The van der Waals surface area contributed by atoms with E-state index in [9.17, 15) is 0 Å². The van der Waals surface area contributed by atoms with Gasteiger partial charge in [-0.2, -0.15) is 0 Å². The molecule has 1 fully saturated rings. The van der Waals surface area contributed by atoms with Gasteiger partial charge in [0.1, 0.15) is 24.7 Å². The van der Waals surface area contributed by atoms with Gasteiger partial charge in [-0.3, -0.25) is 0 Å². The number of quaternary nitrogens is 1. The summed E-state index contributed by atoms with van der Waals surface area (Å²) < 4.78 is 22.6. The number of aryl methyl sites for hydroxylation is 2. The van der Waals surface area contributed by atoms with Crippen molar-refractivity contribution in [2.24, 2.45) is 5.73 Å². The van der Waals surface area contributed by atoms with Gasteiger partial charge in [-0.1, -0.05) is 24.3 Å². The largest absolute Gasteiger partial charge is 0.491 e. The molecule has 2 N–H and O–H groups in total. The molecule has 6 nitrogen and oxygen atoms in total. The lowest BCUT2D eigenvalue weighted by Crippen LogP contribution is -2.58. The molecule has 0 amide bonds. The smallest absolute Gasteiger partial charge is 0.119 e. The summed E-state index contributed by atoms with van der Waals surface area (Å²) in [7, 11) is 3.38. The highest BCUT2D eigenvalue weighted by atomic mass is 16.5. The maximum Gasteiger partial charge on any atom is 0.119 e. The van der Waals surface area contributed by atoms with E-state index in [1.165, 1.54) is 50.0 Å². The maximum atomic E-state index is 6.45. The molecular formula is C29H45N2O4+. The molecule has 1 atom stereocenters. The molecule has 6 heteroatoms. The predicted octanol–water partition coefficient (Wildman–Crippen LogP) is 4.24. The lowest BCUT2D eigenvalue weighted by atomic mass is 10.00. The Balaban J connectivity index is 1.46. The van der Waals surface area contributed by atoms with Gasteiger partial charge in [0.05, 0.1) is 45.4 Å². The summed E-state index contributed by atoms with van der Waals surface area (Å²) in [5, 5.41) is 0. The Kier molecular flexibility index (Phi) is 11.8. The fraction of sp³-hybridized carbons (Fsp3) is 0.586. The molecule has 0 radical (unpaired) electrons. The highest BCUT2D eigenvalue weighted by Crippen LogP contribution is 2.22. The number of piperidine rings is 1. The SMILES string of the molecule is COCCOc1ccc(CCC[N+]2(CCCc3ccc(OCCOC)cc3)CCCC(N)C2)cc1. The molecule has 1 saturated heterocycles. The van der Waals surface area contributed by atoms with Crippen LogP contribution in [-0.4, -0.2) is 77.4 Å². The summed E-state index contributed by atoms with van der Waals surface area (Å²) in [6.45, 7) is 7.16. The Morgan fingerprint density at radius 2 is 1.23 bits per heavy atom. The highest BCUT2D eigenvalue weighted by Gasteiger charge is 2.32. The number of benzene rings is 2. The monoisotopic (exact) mass is 485 g/mol. The number of hydrogen-bond acceptors (Lipinski definition) is 5. The molecule has 0 aromatic heterocycles. The minimum absolute atomic E-state index is 0.329. The van der Waals surface area contributed by atoms with Crippen molar-refractivity contribution in [1.82, 2.24) is 0 Å². The van der Waals surface area contributed by atoms with Crippen LogP contribution in [0, 0.1) is 0 Å². The third kappa shape index (κ3) is 9.80. The van der Waals surface area contributed by atoms with E-state index in [0.29, 0.717) is 32.5 Å². The van der Waals surface area contributed by atoms with Gasteiger partial charge in [0.2, 0.25) is 0 Å². The number of ether oxygens (including phenoxy) is 4. The zero-order valence-corrected chi connectivity index (χ0v) is 21.8. The van der Waals surface area contributed by atoms with Crippen LogP contribution < -0.4 is 15.2 Å². The Labute approximate surface area is 211 Å². The molecule has 0 bridgehead atoms. The molecule has 1 unspecified atom stereocenters. The van der Waals surface area contributed by atoms with Gasteiger partial charge < -0.3 is 29.2 Å². The lowest BCUT2D eigenvalue weighted by Gasteiger charge is -2.44. The summed E-state index contributed by atoms with van der Waals surface area (Å²) >= 11 is 0. The summed E-state index contributed by atoms with van der Waals surface area (Å²) in [5.74, 6) is 1.82. The van der Waals surface area contributed by atoms with Crippen LogP contribution in [0.4, 0.5) is 0 Å².